The molecule has 3 nitrogen and oxygen atoms in total. The Morgan fingerprint density at radius 1 is 1.41 bits per heavy atom. The van der Waals surface area contributed by atoms with E-state index in [4.69, 9.17) is 0 Å². The van der Waals surface area contributed by atoms with Crippen molar-refractivity contribution in [2.24, 2.45) is 5.41 Å². The molecule has 1 aliphatic rings. The molecular weight excluding hydrogens is 232 g/mol. The van der Waals surface area contributed by atoms with Gasteiger partial charge in [-0.05, 0) is 43.9 Å². The van der Waals surface area contributed by atoms with Gasteiger partial charge in [0.2, 0.25) is 0 Å². The highest BCUT2D eigenvalue weighted by Gasteiger charge is 2.33. The summed E-state index contributed by atoms with van der Waals surface area (Å²) in [6.07, 6.45) is 4.87. The summed E-state index contributed by atoms with van der Waals surface area (Å²) in [6.45, 7) is 4.62. The third kappa shape index (κ3) is 2.57. The molecule has 1 saturated carbocycles. The molecule has 1 aromatic rings. The summed E-state index contributed by atoms with van der Waals surface area (Å²) >= 11 is 4.48. The molecule has 1 aromatic heterocycles. The zero-order valence-electron chi connectivity index (χ0n) is 10.6. The van der Waals surface area contributed by atoms with Crippen molar-refractivity contribution in [3.8, 4) is 0 Å². The fraction of sp³-hybridized carbons (Fsp3) is 0.692. The first kappa shape index (κ1) is 12.7. The van der Waals surface area contributed by atoms with Gasteiger partial charge in [0.1, 0.15) is 0 Å². The van der Waals surface area contributed by atoms with Crippen molar-refractivity contribution in [2.75, 3.05) is 5.75 Å². The molecule has 4 heteroatoms. The Morgan fingerprint density at radius 3 is 2.59 bits per heavy atom. The number of aromatic nitrogens is 2. The molecule has 0 unspecified atom stereocenters. The van der Waals surface area contributed by atoms with Gasteiger partial charge in [-0.15, -0.1) is 0 Å². The predicted molar refractivity (Wildman–Crippen MR) is 72.7 cm³/mol. The monoisotopic (exact) mass is 252 g/mol. The van der Waals surface area contributed by atoms with E-state index in [-0.39, 0.29) is 11.1 Å². The summed E-state index contributed by atoms with van der Waals surface area (Å²) in [5, 5.41) is 0. The number of hydrogen-bond donors (Lipinski definition) is 1. The molecule has 94 valence electrons. The minimum absolute atomic E-state index is 0.115. The van der Waals surface area contributed by atoms with Crippen molar-refractivity contribution in [1.29, 1.82) is 0 Å². The highest BCUT2D eigenvalue weighted by molar-refractivity contribution is 7.80. The fourth-order valence-electron chi connectivity index (χ4n) is 2.79. The van der Waals surface area contributed by atoms with Crippen LogP contribution in [-0.2, 0) is 6.54 Å². The first-order chi connectivity index (χ1) is 8.06. The molecule has 0 bridgehead atoms. The lowest BCUT2D eigenvalue weighted by Crippen LogP contribution is -2.34. The molecule has 1 fully saturated rings. The molecule has 0 N–H and O–H groups in total. The normalized spacial score (nSPS) is 18.5. The summed E-state index contributed by atoms with van der Waals surface area (Å²) in [5.74, 6) is 0.854. The van der Waals surface area contributed by atoms with Gasteiger partial charge in [-0.3, -0.25) is 4.57 Å². The molecular formula is C13H20N2OS. The van der Waals surface area contributed by atoms with Crippen LogP contribution < -0.4 is 5.69 Å². The van der Waals surface area contributed by atoms with Gasteiger partial charge in [0.05, 0.1) is 0 Å². The summed E-state index contributed by atoms with van der Waals surface area (Å²) in [7, 11) is 0. The van der Waals surface area contributed by atoms with Crippen molar-refractivity contribution in [1.82, 2.24) is 9.55 Å². The maximum absolute atomic E-state index is 11.9. The van der Waals surface area contributed by atoms with Crippen LogP contribution in [0.25, 0.3) is 0 Å². The number of thiol groups is 1. The maximum Gasteiger partial charge on any atom is 0.347 e. The van der Waals surface area contributed by atoms with Crippen molar-refractivity contribution in [2.45, 2.75) is 46.1 Å². The van der Waals surface area contributed by atoms with E-state index in [0.29, 0.717) is 0 Å². The minimum atomic E-state index is -0.115. The van der Waals surface area contributed by atoms with Gasteiger partial charge in [-0.2, -0.15) is 17.6 Å². The van der Waals surface area contributed by atoms with Gasteiger partial charge >= 0.3 is 5.69 Å². The lowest BCUT2D eigenvalue weighted by molar-refractivity contribution is 0.281. The Balaban J connectivity index is 2.32. The van der Waals surface area contributed by atoms with E-state index >= 15 is 0 Å². The predicted octanol–water partition coefficient (Wildman–Crippen LogP) is 2.35. The van der Waals surface area contributed by atoms with Crippen molar-refractivity contribution >= 4 is 12.6 Å². The second-order valence-electron chi connectivity index (χ2n) is 5.27. The summed E-state index contributed by atoms with van der Waals surface area (Å²) in [5.41, 5.74) is 1.90. The zero-order chi connectivity index (χ0) is 12.5. The fourth-order valence-corrected chi connectivity index (χ4v) is 3.21. The Morgan fingerprint density at radius 2 is 2.06 bits per heavy atom. The van der Waals surface area contributed by atoms with E-state index in [1.165, 1.54) is 25.7 Å². The zero-order valence-corrected chi connectivity index (χ0v) is 11.5. The maximum atomic E-state index is 11.9. The van der Waals surface area contributed by atoms with Crippen LogP contribution in [0.3, 0.4) is 0 Å². The Bertz CT molecular complexity index is 461. The van der Waals surface area contributed by atoms with Crippen molar-refractivity contribution in [3.63, 3.8) is 0 Å². The molecule has 0 atom stereocenters. The van der Waals surface area contributed by atoms with Gasteiger partial charge in [-0.1, -0.05) is 12.8 Å². The van der Waals surface area contributed by atoms with E-state index in [0.717, 1.165) is 23.7 Å². The van der Waals surface area contributed by atoms with Gasteiger partial charge in [0.15, 0.2) is 0 Å². The minimum Gasteiger partial charge on any atom is -0.296 e. The second kappa shape index (κ2) is 4.84. The van der Waals surface area contributed by atoms with Gasteiger partial charge < -0.3 is 0 Å². The number of nitrogens with zero attached hydrogens (tertiary/aromatic N) is 2. The molecule has 0 radical (unpaired) electrons. The molecule has 0 aliphatic heterocycles. The molecule has 0 saturated heterocycles. The van der Waals surface area contributed by atoms with Crippen LogP contribution in [0.5, 0.6) is 0 Å². The summed E-state index contributed by atoms with van der Waals surface area (Å²) in [4.78, 5) is 16.0. The number of hydrogen-bond acceptors (Lipinski definition) is 3. The van der Waals surface area contributed by atoms with E-state index in [2.05, 4.69) is 17.6 Å². The lowest BCUT2D eigenvalue weighted by atomic mass is 9.88. The van der Waals surface area contributed by atoms with E-state index in [1.807, 2.05) is 24.5 Å². The molecule has 0 amide bonds. The highest BCUT2D eigenvalue weighted by atomic mass is 32.1. The third-order valence-electron chi connectivity index (χ3n) is 3.84. The van der Waals surface area contributed by atoms with Gasteiger partial charge in [0, 0.05) is 17.9 Å². The topological polar surface area (TPSA) is 34.9 Å². The van der Waals surface area contributed by atoms with Crippen molar-refractivity contribution < 1.29 is 0 Å². The molecule has 1 aliphatic carbocycles. The van der Waals surface area contributed by atoms with Crippen LogP contribution in [0.2, 0.25) is 0 Å². The quantitative estimate of drug-likeness (QED) is 0.838. The number of rotatable bonds is 3. The molecule has 2 rings (SSSR count). The van der Waals surface area contributed by atoms with Crippen LogP contribution in [0, 0.1) is 19.3 Å². The summed E-state index contributed by atoms with van der Waals surface area (Å²) in [6, 6.07) is 1.97. The Kier molecular flexibility index (Phi) is 3.61. The van der Waals surface area contributed by atoms with E-state index in [9.17, 15) is 4.79 Å². The van der Waals surface area contributed by atoms with E-state index in [1.54, 1.807) is 0 Å². The van der Waals surface area contributed by atoms with Gasteiger partial charge in [0.25, 0.3) is 0 Å². The second-order valence-corrected chi connectivity index (χ2v) is 5.59. The van der Waals surface area contributed by atoms with Crippen LogP contribution in [0.1, 0.15) is 37.1 Å². The van der Waals surface area contributed by atoms with E-state index < -0.39 is 0 Å². The van der Waals surface area contributed by atoms with Crippen LogP contribution in [0.15, 0.2) is 10.9 Å². The Hall–Kier alpha value is -0.770. The smallest absolute Gasteiger partial charge is 0.296 e. The molecule has 0 spiro atoms. The Labute approximate surface area is 108 Å². The largest absolute Gasteiger partial charge is 0.347 e. The van der Waals surface area contributed by atoms with Crippen LogP contribution in [-0.4, -0.2) is 15.3 Å². The van der Waals surface area contributed by atoms with Crippen LogP contribution >= 0.6 is 12.6 Å². The third-order valence-corrected chi connectivity index (χ3v) is 4.51. The lowest BCUT2D eigenvalue weighted by Gasteiger charge is -2.28. The molecule has 17 heavy (non-hydrogen) atoms. The van der Waals surface area contributed by atoms with Crippen molar-refractivity contribution in [3.05, 3.63) is 27.9 Å². The SMILES string of the molecule is Cc1cc(C)n(CC2(CS)CCCC2)c(=O)n1. The average Bonchev–Trinajstić information content (AvgIpc) is 2.73. The standard InChI is InChI=1S/C13H20N2OS/c1-10-7-11(2)15(12(16)14-10)8-13(9-17)5-3-4-6-13/h7,17H,3-6,8-9H2,1-2H3. The first-order valence-electron chi connectivity index (χ1n) is 6.22. The molecule has 0 aromatic carbocycles. The average molecular weight is 252 g/mol. The van der Waals surface area contributed by atoms with Gasteiger partial charge in [-0.25, -0.2) is 4.79 Å². The molecule has 1 heterocycles. The number of aryl methyl sites for hydroxylation is 2. The highest BCUT2D eigenvalue weighted by Crippen LogP contribution is 2.40. The van der Waals surface area contributed by atoms with Crippen LogP contribution in [0.4, 0.5) is 0 Å². The summed E-state index contributed by atoms with van der Waals surface area (Å²) < 4.78 is 1.81. The first-order valence-corrected chi connectivity index (χ1v) is 6.86.